The molecule has 2 atom stereocenters. The molecule has 0 saturated carbocycles. The molecule has 0 saturated heterocycles. The van der Waals surface area contributed by atoms with Crippen molar-refractivity contribution < 1.29 is 0 Å². The fourth-order valence-electron chi connectivity index (χ4n) is 1.82. The summed E-state index contributed by atoms with van der Waals surface area (Å²) in [7, 11) is 0. The van der Waals surface area contributed by atoms with Crippen LogP contribution < -0.4 is 0 Å². The molecule has 0 radical (unpaired) electrons. The molecule has 0 bridgehead atoms. The van der Waals surface area contributed by atoms with Gasteiger partial charge in [-0.15, -0.1) is 0 Å². The first-order chi connectivity index (χ1) is 7.06. The average molecular weight is 210 g/mol. The second-order valence-electron chi connectivity index (χ2n) is 5.41. The summed E-state index contributed by atoms with van der Waals surface area (Å²) in [5.41, 5.74) is 1.46. The van der Waals surface area contributed by atoms with Crippen LogP contribution >= 0.6 is 0 Å². The molecule has 90 valence electrons. The lowest BCUT2D eigenvalue weighted by Crippen LogP contribution is -1.97. The quantitative estimate of drug-likeness (QED) is 0.458. The second kappa shape index (κ2) is 9.00. The van der Waals surface area contributed by atoms with Crippen LogP contribution in [-0.2, 0) is 0 Å². The van der Waals surface area contributed by atoms with Crippen molar-refractivity contribution in [2.75, 3.05) is 0 Å². The van der Waals surface area contributed by atoms with Crippen LogP contribution in [0.2, 0.25) is 0 Å². The molecule has 0 amide bonds. The van der Waals surface area contributed by atoms with Gasteiger partial charge in [-0.3, -0.25) is 0 Å². The summed E-state index contributed by atoms with van der Waals surface area (Å²) in [6.45, 7) is 11.4. The molecular weight excluding hydrogens is 180 g/mol. The summed E-state index contributed by atoms with van der Waals surface area (Å²) < 4.78 is 0. The molecule has 0 heterocycles. The molecular formula is C15H30. The molecule has 0 unspecified atom stereocenters. The van der Waals surface area contributed by atoms with E-state index in [1.165, 1.54) is 44.1 Å². The van der Waals surface area contributed by atoms with Crippen molar-refractivity contribution in [3.05, 3.63) is 11.6 Å². The zero-order valence-corrected chi connectivity index (χ0v) is 11.5. The van der Waals surface area contributed by atoms with Crippen molar-refractivity contribution in [3.8, 4) is 0 Å². The number of hydrogen-bond donors (Lipinski definition) is 0. The van der Waals surface area contributed by atoms with Gasteiger partial charge in [0, 0.05) is 0 Å². The predicted octanol–water partition coefficient (Wildman–Crippen LogP) is 5.59. The highest BCUT2D eigenvalue weighted by Gasteiger charge is 2.03. The van der Waals surface area contributed by atoms with Gasteiger partial charge in [0.1, 0.15) is 0 Å². The van der Waals surface area contributed by atoms with Crippen LogP contribution in [0.25, 0.3) is 0 Å². The number of allylic oxidation sites excluding steroid dienone is 2. The van der Waals surface area contributed by atoms with E-state index >= 15 is 0 Å². The summed E-state index contributed by atoms with van der Waals surface area (Å²) in [4.78, 5) is 0. The van der Waals surface area contributed by atoms with E-state index in [-0.39, 0.29) is 0 Å². The Kier molecular flexibility index (Phi) is 8.85. The first-order valence-corrected chi connectivity index (χ1v) is 6.69. The van der Waals surface area contributed by atoms with Crippen molar-refractivity contribution in [1.29, 1.82) is 0 Å². The largest absolute Gasteiger partial charge is 0.0859 e. The molecule has 0 aliphatic rings. The zero-order valence-electron chi connectivity index (χ0n) is 11.5. The van der Waals surface area contributed by atoms with Crippen molar-refractivity contribution >= 4 is 0 Å². The fraction of sp³-hybridized carbons (Fsp3) is 0.867. The molecule has 0 aliphatic heterocycles. The number of hydrogen-bond acceptors (Lipinski definition) is 0. The van der Waals surface area contributed by atoms with Crippen molar-refractivity contribution in [1.82, 2.24) is 0 Å². The average Bonchev–Trinajstić information content (AvgIpc) is 2.17. The van der Waals surface area contributed by atoms with Crippen molar-refractivity contribution in [2.45, 2.75) is 73.1 Å². The van der Waals surface area contributed by atoms with E-state index in [9.17, 15) is 0 Å². The van der Waals surface area contributed by atoms with Crippen LogP contribution in [-0.4, -0.2) is 0 Å². The molecule has 0 rings (SSSR count). The topological polar surface area (TPSA) is 0 Å². The molecule has 0 aromatic rings. The molecule has 0 spiro atoms. The highest BCUT2D eigenvalue weighted by Crippen LogP contribution is 2.18. The molecule has 0 fully saturated rings. The Morgan fingerprint density at radius 2 is 1.60 bits per heavy atom. The lowest BCUT2D eigenvalue weighted by molar-refractivity contribution is 0.420. The summed E-state index contributed by atoms with van der Waals surface area (Å²) in [6.07, 6.45) is 10.6. The van der Waals surface area contributed by atoms with Crippen LogP contribution in [0.4, 0.5) is 0 Å². The molecule has 0 aromatic heterocycles. The Bertz CT molecular complexity index is 163. The van der Waals surface area contributed by atoms with Gasteiger partial charge < -0.3 is 0 Å². The Hall–Kier alpha value is -0.260. The Labute approximate surface area is 97.2 Å². The molecule has 0 aromatic carbocycles. The first kappa shape index (κ1) is 14.7. The van der Waals surface area contributed by atoms with Crippen molar-refractivity contribution in [3.63, 3.8) is 0 Å². The zero-order chi connectivity index (χ0) is 11.7. The van der Waals surface area contributed by atoms with Crippen LogP contribution in [0.3, 0.4) is 0 Å². The second-order valence-corrected chi connectivity index (χ2v) is 5.41. The summed E-state index contributed by atoms with van der Waals surface area (Å²) in [6, 6.07) is 0. The van der Waals surface area contributed by atoms with Gasteiger partial charge in [0.2, 0.25) is 0 Å². The van der Waals surface area contributed by atoms with Gasteiger partial charge in [0.15, 0.2) is 0 Å². The Balaban J connectivity index is 3.41. The fourth-order valence-corrected chi connectivity index (χ4v) is 1.82. The lowest BCUT2D eigenvalue weighted by atomic mass is 9.94. The van der Waals surface area contributed by atoms with E-state index in [2.05, 4.69) is 40.7 Å². The van der Waals surface area contributed by atoms with Crippen LogP contribution in [0.5, 0.6) is 0 Å². The highest BCUT2D eigenvalue weighted by molar-refractivity contribution is 4.92. The molecule has 15 heavy (non-hydrogen) atoms. The van der Waals surface area contributed by atoms with E-state index in [1.54, 1.807) is 0 Å². The summed E-state index contributed by atoms with van der Waals surface area (Å²) in [5.74, 6) is 1.83. The van der Waals surface area contributed by atoms with Crippen LogP contribution in [0, 0.1) is 11.8 Å². The molecule has 0 heteroatoms. The number of rotatable bonds is 8. The van der Waals surface area contributed by atoms with Gasteiger partial charge in [-0.05, 0) is 38.5 Å². The summed E-state index contributed by atoms with van der Waals surface area (Å²) >= 11 is 0. The van der Waals surface area contributed by atoms with Gasteiger partial charge in [-0.2, -0.15) is 0 Å². The van der Waals surface area contributed by atoms with Gasteiger partial charge in [-0.1, -0.05) is 58.1 Å². The molecule has 0 N–H and O–H groups in total. The highest BCUT2D eigenvalue weighted by atomic mass is 14.1. The third-order valence-electron chi connectivity index (χ3n) is 3.30. The summed E-state index contributed by atoms with van der Waals surface area (Å²) in [5, 5.41) is 0. The third-order valence-corrected chi connectivity index (χ3v) is 3.30. The van der Waals surface area contributed by atoms with Crippen LogP contribution in [0.1, 0.15) is 73.1 Å². The minimum Gasteiger partial charge on any atom is -0.0859 e. The van der Waals surface area contributed by atoms with E-state index in [4.69, 9.17) is 0 Å². The molecule has 0 aliphatic carbocycles. The van der Waals surface area contributed by atoms with Crippen LogP contribution in [0.15, 0.2) is 11.6 Å². The minimum absolute atomic E-state index is 0.907. The monoisotopic (exact) mass is 210 g/mol. The van der Waals surface area contributed by atoms with E-state index in [0.717, 1.165) is 11.8 Å². The normalized spacial score (nSPS) is 14.7. The maximum Gasteiger partial charge on any atom is -0.0346 e. The predicted molar refractivity (Wildman–Crippen MR) is 71.1 cm³/mol. The first-order valence-electron chi connectivity index (χ1n) is 6.69. The standard InChI is InChI=1S/C15H30/c1-6-14(4)10-8-12-15(5)11-7-9-13(2)3/h9,14-15H,6-8,10-12H2,1-5H3/t14-,15+/m1/s1. The van der Waals surface area contributed by atoms with Crippen molar-refractivity contribution in [2.24, 2.45) is 11.8 Å². The van der Waals surface area contributed by atoms with Gasteiger partial charge in [0.05, 0.1) is 0 Å². The molecule has 0 nitrogen and oxygen atoms in total. The Morgan fingerprint density at radius 3 is 2.13 bits per heavy atom. The SMILES string of the molecule is CC[C@@H](C)CCC[C@@H](C)CCC=C(C)C. The van der Waals surface area contributed by atoms with E-state index < -0.39 is 0 Å². The van der Waals surface area contributed by atoms with Gasteiger partial charge in [0.25, 0.3) is 0 Å². The lowest BCUT2D eigenvalue weighted by Gasteiger charge is -2.12. The Morgan fingerprint density at radius 1 is 1.00 bits per heavy atom. The third kappa shape index (κ3) is 10.0. The maximum atomic E-state index is 2.40. The van der Waals surface area contributed by atoms with Gasteiger partial charge >= 0.3 is 0 Å². The van der Waals surface area contributed by atoms with E-state index in [0.29, 0.717) is 0 Å². The van der Waals surface area contributed by atoms with Gasteiger partial charge in [-0.25, -0.2) is 0 Å². The smallest absolute Gasteiger partial charge is 0.0346 e. The maximum absolute atomic E-state index is 2.40. The van der Waals surface area contributed by atoms with E-state index in [1.807, 2.05) is 0 Å². The minimum atomic E-state index is 0.907.